The third kappa shape index (κ3) is 17.3. The molecule has 52 heavy (non-hydrogen) atoms. The molecule has 1 saturated heterocycles. The van der Waals surface area contributed by atoms with Crippen LogP contribution in [0.5, 0.6) is 5.75 Å². The number of ether oxygens (including phenoxy) is 4. The minimum atomic E-state index is -1.02. The first kappa shape index (κ1) is 45.2. The maximum Gasteiger partial charge on any atom is 0.407 e. The van der Waals surface area contributed by atoms with Crippen LogP contribution in [-0.4, -0.2) is 105 Å². The molecule has 1 aromatic carbocycles. The van der Waals surface area contributed by atoms with Crippen molar-refractivity contribution in [2.24, 2.45) is 23.7 Å². The van der Waals surface area contributed by atoms with E-state index in [2.05, 4.69) is 41.6 Å². The van der Waals surface area contributed by atoms with E-state index >= 15 is 0 Å². The van der Waals surface area contributed by atoms with Crippen LogP contribution < -0.4 is 20.7 Å². The monoisotopic (exact) mass is 735 g/mol. The number of carbonyl (C=O) groups is 3. The number of hydrogen-bond acceptors (Lipinski definition) is 9. The molecule has 0 unspecified atom stereocenters. The Morgan fingerprint density at radius 3 is 2.27 bits per heavy atom. The van der Waals surface area contributed by atoms with E-state index in [4.69, 9.17) is 18.9 Å². The molecule has 1 fully saturated rings. The number of nitrogens with one attached hydrogen (secondary N) is 3. The van der Waals surface area contributed by atoms with Gasteiger partial charge in [0.25, 0.3) is 5.91 Å². The van der Waals surface area contributed by atoms with Crippen molar-refractivity contribution in [3.63, 3.8) is 0 Å². The number of morpholine rings is 1. The highest BCUT2D eigenvalue weighted by molar-refractivity contribution is 5.97. The fraction of sp³-hybridized carbons (Fsp3) is 0.775. The summed E-state index contributed by atoms with van der Waals surface area (Å²) in [5.74, 6) is -0.287. The zero-order valence-electron chi connectivity index (χ0n) is 33.6. The maximum absolute atomic E-state index is 13.8. The molecule has 3 amide bonds. The molecule has 0 radical (unpaired) electrons. The van der Waals surface area contributed by atoms with Crippen molar-refractivity contribution in [2.45, 2.75) is 118 Å². The number of hydrogen-bond donors (Lipinski definition) is 4. The van der Waals surface area contributed by atoms with Crippen molar-refractivity contribution in [1.29, 1.82) is 0 Å². The molecule has 4 atom stereocenters. The molecule has 1 aliphatic rings. The molecule has 0 bridgehead atoms. The van der Waals surface area contributed by atoms with E-state index in [-0.39, 0.29) is 36.0 Å². The first-order valence-corrected chi connectivity index (χ1v) is 19.4. The second-order valence-corrected chi connectivity index (χ2v) is 15.8. The summed E-state index contributed by atoms with van der Waals surface area (Å²) in [5.41, 5.74) is 0.790. The van der Waals surface area contributed by atoms with Gasteiger partial charge in [0.2, 0.25) is 5.91 Å². The predicted molar refractivity (Wildman–Crippen MR) is 204 cm³/mol. The van der Waals surface area contributed by atoms with Gasteiger partial charge in [0, 0.05) is 52.4 Å². The summed E-state index contributed by atoms with van der Waals surface area (Å²) in [7, 11) is 1.68. The van der Waals surface area contributed by atoms with Crippen molar-refractivity contribution in [3.05, 3.63) is 29.3 Å². The van der Waals surface area contributed by atoms with Gasteiger partial charge in [-0.05, 0) is 88.3 Å². The lowest BCUT2D eigenvalue weighted by Crippen LogP contribution is -2.49. The third-order valence-corrected chi connectivity index (χ3v) is 9.46. The Bertz CT molecular complexity index is 1200. The zero-order valence-corrected chi connectivity index (χ0v) is 33.6. The van der Waals surface area contributed by atoms with Crippen LogP contribution in [0.15, 0.2) is 18.2 Å². The van der Waals surface area contributed by atoms with E-state index in [0.29, 0.717) is 57.3 Å². The molecule has 1 aromatic rings. The van der Waals surface area contributed by atoms with Gasteiger partial charge in [0.15, 0.2) is 0 Å². The molecule has 1 aliphatic heterocycles. The Kier molecular flexibility index (Phi) is 20.6. The number of rotatable bonds is 23. The van der Waals surface area contributed by atoms with Crippen LogP contribution in [0.1, 0.15) is 110 Å². The Labute approximate surface area is 313 Å². The van der Waals surface area contributed by atoms with Gasteiger partial charge in [0.05, 0.1) is 37.5 Å². The molecular formula is C40H70N4O8. The van der Waals surface area contributed by atoms with Gasteiger partial charge >= 0.3 is 6.09 Å². The minimum Gasteiger partial charge on any atom is -0.493 e. The van der Waals surface area contributed by atoms with E-state index in [1.807, 2.05) is 32.0 Å². The van der Waals surface area contributed by atoms with Gasteiger partial charge in [-0.15, -0.1) is 0 Å². The molecule has 12 nitrogen and oxygen atoms in total. The van der Waals surface area contributed by atoms with Gasteiger partial charge in [-0.3, -0.25) is 14.5 Å². The third-order valence-electron chi connectivity index (χ3n) is 9.46. The highest BCUT2D eigenvalue weighted by Gasteiger charge is 2.33. The van der Waals surface area contributed by atoms with Crippen LogP contribution in [0.4, 0.5) is 4.79 Å². The van der Waals surface area contributed by atoms with E-state index in [9.17, 15) is 19.5 Å². The number of methoxy groups -OCH3 is 1. The molecule has 0 spiro atoms. The van der Waals surface area contributed by atoms with Gasteiger partial charge in [-0.2, -0.15) is 0 Å². The highest BCUT2D eigenvalue weighted by Crippen LogP contribution is 2.26. The second-order valence-electron chi connectivity index (χ2n) is 15.8. The lowest BCUT2D eigenvalue weighted by Gasteiger charge is -2.33. The minimum absolute atomic E-state index is 0.0183. The quantitative estimate of drug-likeness (QED) is 0.106. The molecule has 0 aliphatic carbocycles. The summed E-state index contributed by atoms with van der Waals surface area (Å²) in [6.07, 6.45) is 2.37. The van der Waals surface area contributed by atoms with Gasteiger partial charge in [-0.25, -0.2) is 4.79 Å². The zero-order chi connectivity index (χ0) is 38.7. The Balaban J connectivity index is 2.25. The standard InChI is InChI=1S/C40H70N4O8/c1-10-11-16-41-38(47)33(29(4)5)25-35(45)34(43-39(48)52-40(6,7)8)24-31(28(2)3)26-42-37(46)32-15-14-30(27-44-17-21-50-22-18-44)23-36(32)51-20-13-12-19-49-9/h14-15,23,28-29,31,33-35,45H,10-13,16-22,24-27H2,1-9H3,(H,41,47)(H,42,46)(H,43,48)/t31-,33+,34+,35+/m1/s1. The van der Waals surface area contributed by atoms with Crippen molar-refractivity contribution in [2.75, 3.05) is 59.7 Å². The fourth-order valence-electron chi connectivity index (χ4n) is 6.15. The van der Waals surface area contributed by atoms with Crippen LogP contribution >= 0.6 is 0 Å². The molecule has 0 saturated carbocycles. The van der Waals surface area contributed by atoms with Crippen LogP contribution in [0, 0.1) is 23.7 Å². The van der Waals surface area contributed by atoms with Crippen molar-refractivity contribution < 1.29 is 38.4 Å². The fourth-order valence-corrected chi connectivity index (χ4v) is 6.15. The number of aliphatic hydroxyl groups is 1. The predicted octanol–water partition coefficient (Wildman–Crippen LogP) is 5.55. The molecule has 12 heteroatoms. The summed E-state index contributed by atoms with van der Waals surface area (Å²) >= 11 is 0. The molecule has 298 valence electrons. The lowest BCUT2D eigenvalue weighted by atomic mass is 9.82. The highest BCUT2D eigenvalue weighted by atomic mass is 16.6. The van der Waals surface area contributed by atoms with Gasteiger partial charge in [0.1, 0.15) is 11.4 Å². The van der Waals surface area contributed by atoms with Crippen molar-refractivity contribution in [3.8, 4) is 5.75 Å². The summed E-state index contributed by atoms with van der Waals surface area (Å²) < 4.78 is 22.4. The average Bonchev–Trinajstić information content (AvgIpc) is 3.07. The van der Waals surface area contributed by atoms with E-state index in [0.717, 1.165) is 50.9 Å². The number of unbranched alkanes of at least 4 members (excludes halogenated alkanes) is 2. The smallest absolute Gasteiger partial charge is 0.407 e. The van der Waals surface area contributed by atoms with E-state index in [1.165, 1.54) is 0 Å². The Morgan fingerprint density at radius 1 is 0.962 bits per heavy atom. The number of nitrogens with zero attached hydrogens (tertiary/aromatic N) is 1. The summed E-state index contributed by atoms with van der Waals surface area (Å²) in [4.78, 5) is 42.2. The van der Waals surface area contributed by atoms with Gasteiger partial charge in [-0.1, -0.05) is 47.1 Å². The van der Waals surface area contributed by atoms with E-state index in [1.54, 1.807) is 27.9 Å². The largest absolute Gasteiger partial charge is 0.493 e. The number of amides is 3. The van der Waals surface area contributed by atoms with Crippen molar-refractivity contribution in [1.82, 2.24) is 20.9 Å². The number of alkyl carbamates (subject to hydrolysis) is 1. The number of benzene rings is 1. The van der Waals surface area contributed by atoms with Crippen LogP contribution in [0.3, 0.4) is 0 Å². The molecular weight excluding hydrogens is 664 g/mol. The second kappa shape index (κ2) is 23.7. The Morgan fingerprint density at radius 2 is 1.65 bits per heavy atom. The summed E-state index contributed by atoms with van der Waals surface area (Å²) in [5, 5.41) is 20.7. The first-order chi connectivity index (χ1) is 24.6. The van der Waals surface area contributed by atoms with Crippen LogP contribution in [0.2, 0.25) is 0 Å². The number of aliphatic hydroxyl groups excluding tert-OH is 1. The molecule has 4 N–H and O–H groups in total. The average molecular weight is 735 g/mol. The summed E-state index contributed by atoms with van der Waals surface area (Å²) in [6, 6.07) is 5.05. The molecule has 1 heterocycles. The number of carbonyl (C=O) groups excluding carboxylic acids is 3. The normalized spacial score (nSPS) is 16.2. The summed E-state index contributed by atoms with van der Waals surface area (Å²) in [6.45, 7) is 21.3. The Hall–Kier alpha value is -2.93. The van der Waals surface area contributed by atoms with Gasteiger partial charge < -0.3 is 40.0 Å². The van der Waals surface area contributed by atoms with Crippen LogP contribution in [-0.2, 0) is 25.5 Å². The van der Waals surface area contributed by atoms with Crippen LogP contribution in [0.25, 0.3) is 0 Å². The molecule has 0 aromatic heterocycles. The van der Waals surface area contributed by atoms with Crippen molar-refractivity contribution >= 4 is 17.9 Å². The van der Waals surface area contributed by atoms with E-state index < -0.39 is 29.8 Å². The SMILES string of the molecule is CCCCNC(=O)[C@@H](C[C@H](O)[C@H](C[C@H](CNC(=O)c1ccc(CN2CCOCC2)cc1OCCCCOC)C(C)C)NC(=O)OC(C)(C)C)C(C)C. The maximum atomic E-state index is 13.8. The first-order valence-electron chi connectivity index (χ1n) is 19.4. The molecule has 2 rings (SSSR count). The lowest BCUT2D eigenvalue weighted by molar-refractivity contribution is -0.127. The topological polar surface area (TPSA) is 148 Å².